The minimum atomic E-state index is -0.455. The number of nitro groups is 1. The number of carbonyl (C=O) groups is 1. The second-order valence-corrected chi connectivity index (χ2v) is 5.49. The van der Waals surface area contributed by atoms with E-state index < -0.39 is 4.92 Å². The third-order valence-electron chi connectivity index (χ3n) is 3.54. The van der Waals surface area contributed by atoms with Gasteiger partial charge in [0, 0.05) is 19.2 Å². The highest BCUT2D eigenvalue weighted by molar-refractivity contribution is 5.77. The van der Waals surface area contributed by atoms with E-state index >= 15 is 0 Å². The van der Waals surface area contributed by atoms with E-state index in [2.05, 4.69) is 10.6 Å². The number of amides is 1. The van der Waals surface area contributed by atoms with Crippen LogP contribution in [0, 0.1) is 17.0 Å². The van der Waals surface area contributed by atoms with Crippen LogP contribution in [0.5, 0.6) is 11.5 Å². The van der Waals surface area contributed by atoms with Gasteiger partial charge in [0.2, 0.25) is 0 Å². The van der Waals surface area contributed by atoms with Crippen LogP contribution in [0.2, 0.25) is 0 Å². The van der Waals surface area contributed by atoms with Crippen molar-refractivity contribution in [2.75, 3.05) is 32.1 Å². The summed E-state index contributed by atoms with van der Waals surface area (Å²) >= 11 is 0. The predicted molar refractivity (Wildman–Crippen MR) is 97.8 cm³/mol. The Bertz CT molecular complexity index is 779. The highest BCUT2D eigenvalue weighted by Gasteiger charge is 2.11. The van der Waals surface area contributed by atoms with Gasteiger partial charge in [0.1, 0.15) is 5.69 Å². The van der Waals surface area contributed by atoms with Gasteiger partial charge in [-0.2, -0.15) is 0 Å². The van der Waals surface area contributed by atoms with Crippen molar-refractivity contribution in [1.29, 1.82) is 0 Å². The van der Waals surface area contributed by atoms with E-state index in [4.69, 9.17) is 9.47 Å². The van der Waals surface area contributed by atoms with Crippen LogP contribution in [0.15, 0.2) is 42.5 Å². The number of aryl methyl sites for hydroxylation is 1. The number of benzene rings is 2. The van der Waals surface area contributed by atoms with Crippen molar-refractivity contribution in [2.45, 2.75) is 6.92 Å². The molecule has 0 aromatic heterocycles. The van der Waals surface area contributed by atoms with Crippen LogP contribution in [0.25, 0.3) is 0 Å². The molecule has 0 aliphatic rings. The Morgan fingerprint density at radius 1 is 1.15 bits per heavy atom. The van der Waals surface area contributed by atoms with Crippen molar-refractivity contribution in [3.8, 4) is 11.5 Å². The number of para-hydroxylation sites is 2. The number of nitrogens with one attached hydrogen (secondary N) is 2. The Morgan fingerprint density at radius 3 is 2.65 bits per heavy atom. The molecule has 0 atom stereocenters. The molecule has 2 N–H and O–H groups in total. The number of methoxy groups -OCH3 is 1. The van der Waals surface area contributed by atoms with Crippen LogP contribution in [0.3, 0.4) is 0 Å². The summed E-state index contributed by atoms with van der Waals surface area (Å²) < 4.78 is 10.7. The smallest absolute Gasteiger partial charge is 0.292 e. The van der Waals surface area contributed by atoms with E-state index in [9.17, 15) is 14.9 Å². The van der Waals surface area contributed by atoms with E-state index in [0.29, 0.717) is 30.3 Å². The molecule has 8 nitrogen and oxygen atoms in total. The third kappa shape index (κ3) is 5.37. The third-order valence-corrected chi connectivity index (χ3v) is 3.54. The van der Waals surface area contributed by atoms with Gasteiger partial charge < -0.3 is 20.1 Å². The van der Waals surface area contributed by atoms with Gasteiger partial charge in [0.05, 0.1) is 12.0 Å². The molecular weight excluding hydrogens is 338 g/mol. The number of ether oxygens (including phenoxy) is 2. The highest BCUT2D eigenvalue weighted by Crippen LogP contribution is 2.27. The number of hydrogen-bond donors (Lipinski definition) is 2. The normalized spacial score (nSPS) is 10.1. The maximum Gasteiger partial charge on any atom is 0.292 e. The van der Waals surface area contributed by atoms with E-state index in [1.165, 1.54) is 13.2 Å². The van der Waals surface area contributed by atoms with Crippen LogP contribution < -0.4 is 20.1 Å². The Kier molecular flexibility index (Phi) is 6.78. The Morgan fingerprint density at radius 2 is 1.92 bits per heavy atom. The summed E-state index contributed by atoms with van der Waals surface area (Å²) in [6.07, 6.45) is 0. The maximum absolute atomic E-state index is 11.9. The van der Waals surface area contributed by atoms with Gasteiger partial charge in [-0.1, -0.05) is 18.2 Å². The second-order valence-electron chi connectivity index (χ2n) is 5.49. The van der Waals surface area contributed by atoms with Crippen molar-refractivity contribution in [2.24, 2.45) is 0 Å². The molecule has 26 heavy (non-hydrogen) atoms. The molecule has 2 aromatic rings. The number of rotatable bonds is 9. The topological polar surface area (TPSA) is 103 Å². The van der Waals surface area contributed by atoms with Crippen molar-refractivity contribution in [3.05, 3.63) is 58.1 Å². The molecule has 0 bridgehead atoms. The van der Waals surface area contributed by atoms with Gasteiger partial charge in [0.25, 0.3) is 11.6 Å². The molecule has 0 aliphatic heterocycles. The monoisotopic (exact) mass is 359 g/mol. The van der Waals surface area contributed by atoms with Crippen LogP contribution >= 0.6 is 0 Å². The number of hydrogen-bond acceptors (Lipinski definition) is 6. The molecular formula is C18H21N3O5. The summed E-state index contributed by atoms with van der Waals surface area (Å²) in [7, 11) is 1.54. The number of nitrogens with zero attached hydrogens (tertiary/aromatic N) is 1. The first kappa shape index (κ1) is 19.0. The van der Waals surface area contributed by atoms with Gasteiger partial charge in [-0.15, -0.1) is 0 Å². The minimum Gasteiger partial charge on any atom is -0.493 e. The molecule has 0 heterocycles. The lowest BCUT2D eigenvalue weighted by atomic mass is 10.2. The van der Waals surface area contributed by atoms with Gasteiger partial charge in [0.15, 0.2) is 18.1 Å². The molecule has 0 spiro atoms. The average Bonchev–Trinajstić information content (AvgIpc) is 2.64. The van der Waals surface area contributed by atoms with Crippen molar-refractivity contribution in [3.63, 3.8) is 0 Å². The van der Waals surface area contributed by atoms with Crippen molar-refractivity contribution in [1.82, 2.24) is 5.32 Å². The fourth-order valence-electron chi connectivity index (χ4n) is 2.27. The van der Waals surface area contributed by atoms with E-state index in [1.54, 1.807) is 24.3 Å². The molecule has 2 aromatic carbocycles. The fraction of sp³-hybridized carbons (Fsp3) is 0.278. The summed E-state index contributed by atoms with van der Waals surface area (Å²) in [6.45, 7) is 2.44. The van der Waals surface area contributed by atoms with Crippen LogP contribution in [0.1, 0.15) is 5.56 Å². The summed E-state index contributed by atoms with van der Waals surface area (Å²) in [5.41, 5.74) is 1.43. The first-order valence-electron chi connectivity index (χ1n) is 8.02. The van der Waals surface area contributed by atoms with Crippen LogP contribution in [-0.4, -0.2) is 37.6 Å². The molecule has 0 radical (unpaired) electrons. The first-order valence-corrected chi connectivity index (χ1v) is 8.02. The SMILES string of the molecule is COc1cc(C)ccc1OCC(=O)NCCNc1ccccc1[N+](=O)[O-]. The standard InChI is InChI=1S/C18H21N3O5/c1-13-7-8-16(17(11-13)25-2)26-12-18(22)20-10-9-19-14-5-3-4-6-15(14)21(23)24/h3-8,11,19H,9-10,12H2,1-2H3,(H,20,22). The quantitative estimate of drug-likeness (QED) is 0.405. The van der Waals surface area contributed by atoms with Crippen LogP contribution in [0.4, 0.5) is 11.4 Å². The van der Waals surface area contributed by atoms with Gasteiger partial charge >= 0.3 is 0 Å². The number of anilines is 1. The molecule has 0 fully saturated rings. The molecule has 0 saturated heterocycles. The molecule has 8 heteroatoms. The first-order chi connectivity index (χ1) is 12.5. The molecule has 0 aliphatic carbocycles. The predicted octanol–water partition coefficient (Wildman–Crippen LogP) is 2.52. The maximum atomic E-state index is 11.9. The Balaban J connectivity index is 1.75. The van der Waals surface area contributed by atoms with Crippen molar-refractivity contribution >= 4 is 17.3 Å². The average molecular weight is 359 g/mol. The molecule has 2 rings (SSSR count). The van der Waals surface area contributed by atoms with Gasteiger partial charge in [-0.3, -0.25) is 14.9 Å². The van der Waals surface area contributed by atoms with Gasteiger partial charge in [-0.25, -0.2) is 0 Å². The molecule has 138 valence electrons. The molecule has 1 amide bonds. The van der Waals surface area contributed by atoms with Crippen LogP contribution in [-0.2, 0) is 4.79 Å². The number of carbonyl (C=O) groups excluding carboxylic acids is 1. The lowest BCUT2D eigenvalue weighted by Gasteiger charge is -2.12. The second kappa shape index (κ2) is 9.26. The summed E-state index contributed by atoms with van der Waals surface area (Å²) in [5.74, 6) is 0.763. The van der Waals surface area contributed by atoms with E-state index in [-0.39, 0.29) is 18.2 Å². The molecule has 0 saturated carbocycles. The highest BCUT2D eigenvalue weighted by atomic mass is 16.6. The number of nitro benzene ring substituents is 1. The summed E-state index contributed by atoms with van der Waals surface area (Å²) in [6, 6.07) is 11.8. The largest absolute Gasteiger partial charge is 0.493 e. The van der Waals surface area contributed by atoms with Gasteiger partial charge in [-0.05, 0) is 30.7 Å². The van der Waals surface area contributed by atoms with E-state index in [0.717, 1.165) is 5.56 Å². The van der Waals surface area contributed by atoms with E-state index in [1.807, 2.05) is 19.1 Å². The Hall–Kier alpha value is -3.29. The zero-order valence-corrected chi connectivity index (χ0v) is 14.7. The summed E-state index contributed by atoms with van der Waals surface area (Å²) in [4.78, 5) is 22.3. The lowest BCUT2D eigenvalue weighted by Crippen LogP contribution is -2.32. The molecule has 0 unspecified atom stereocenters. The van der Waals surface area contributed by atoms with Crippen molar-refractivity contribution < 1.29 is 19.2 Å². The zero-order chi connectivity index (χ0) is 18.9. The zero-order valence-electron chi connectivity index (χ0n) is 14.7. The summed E-state index contributed by atoms with van der Waals surface area (Å²) in [5, 5.41) is 16.5. The minimum absolute atomic E-state index is 0.00590. The Labute approximate surface area is 151 Å². The fourth-order valence-corrected chi connectivity index (χ4v) is 2.27. The lowest BCUT2D eigenvalue weighted by molar-refractivity contribution is -0.384.